The second-order valence-electron chi connectivity index (χ2n) is 3.34. The number of alkyl halides is 1. The molecule has 8 heteroatoms. The van der Waals surface area contributed by atoms with Crippen molar-refractivity contribution < 1.29 is 18.0 Å². The van der Waals surface area contributed by atoms with Gasteiger partial charge in [0, 0.05) is 12.4 Å². The summed E-state index contributed by atoms with van der Waals surface area (Å²) in [6.07, 6.45) is 2.97. The molecule has 0 aromatic carbocycles. The summed E-state index contributed by atoms with van der Waals surface area (Å²) >= 11 is 0.631. The predicted octanol–water partition coefficient (Wildman–Crippen LogP) is 3.48. The summed E-state index contributed by atoms with van der Waals surface area (Å²) in [5, 5.41) is 0.183. The van der Waals surface area contributed by atoms with Gasteiger partial charge in [-0.15, -0.1) is 0 Å². The van der Waals surface area contributed by atoms with Gasteiger partial charge in [0.15, 0.2) is 5.16 Å². The van der Waals surface area contributed by atoms with E-state index in [1.807, 2.05) is 0 Å². The molecule has 102 valence electrons. The van der Waals surface area contributed by atoms with E-state index < -0.39 is 12.3 Å². The Balaban J connectivity index is 2.91. The van der Waals surface area contributed by atoms with Crippen molar-refractivity contribution in [3.05, 3.63) is 18.5 Å². The van der Waals surface area contributed by atoms with Crippen LogP contribution in [0.15, 0.2) is 23.6 Å². The summed E-state index contributed by atoms with van der Waals surface area (Å²) < 4.78 is 34.7. The third-order valence-corrected chi connectivity index (χ3v) is 5.79. The Morgan fingerprint density at radius 2 is 1.83 bits per heavy atom. The number of halogens is 1. The number of thioether (sulfide) groups is 1. The lowest BCUT2D eigenvalue weighted by molar-refractivity contribution is 0.185. The Morgan fingerprint density at radius 3 is 2.28 bits per heavy atom. The predicted molar refractivity (Wildman–Crippen MR) is 68.3 cm³/mol. The van der Waals surface area contributed by atoms with Crippen LogP contribution in [0.25, 0.3) is 0 Å². The average Bonchev–Trinajstić information content (AvgIpc) is 2.30. The SMILES string of the molecule is CCOP(=O)(OCC)C(C)(F)Sc1ncccn1. The molecule has 0 aliphatic carbocycles. The highest BCUT2D eigenvalue weighted by Crippen LogP contribution is 2.66. The maximum Gasteiger partial charge on any atom is 0.378 e. The molecule has 1 aromatic rings. The van der Waals surface area contributed by atoms with Crippen LogP contribution in [0, 0.1) is 0 Å². The van der Waals surface area contributed by atoms with Crippen molar-refractivity contribution in [3.8, 4) is 0 Å². The normalized spacial score (nSPS) is 15.3. The number of hydrogen-bond acceptors (Lipinski definition) is 6. The van der Waals surface area contributed by atoms with Crippen LogP contribution >= 0.6 is 19.4 Å². The standard InChI is InChI=1S/C10H16FN2O3PS/c1-4-15-17(14,16-5-2)10(3,11)18-9-12-7-6-8-13-9/h6-8H,4-5H2,1-3H3. The maximum atomic E-state index is 14.6. The summed E-state index contributed by atoms with van der Waals surface area (Å²) in [6.45, 7) is 4.62. The first-order valence-corrected chi connectivity index (χ1v) is 7.85. The Hall–Kier alpha value is -0.490. The first kappa shape index (κ1) is 15.6. The fourth-order valence-corrected chi connectivity index (χ4v) is 3.95. The molecule has 0 saturated carbocycles. The number of rotatable bonds is 7. The van der Waals surface area contributed by atoms with Crippen molar-refractivity contribution in [2.24, 2.45) is 0 Å². The molecule has 5 nitrogen and oxygen atoms in total. The zero-order chi connectivity index (χ0) is 13.6. The first-order valence-electron chi connectivity index (χ1n) is 5.49. The minimum atomic E-state index is -3.87. The molecule has 1 atom stereocenters. The van der Waals surface area contributed by atoms with Crippen LogP contribution in [-0.2, 0) is 13.6 Å². The molecule has 18 heavy (non-hydrogen) atoms. The smallest absolute Gasteiger partial charge is 0.306 e. The van der Waals surface area contributed by atoms with E-state index in [1.165, 1.54) is 12.4 Å². The van der Waals surface area contributed by atoms with Crippen LogP contribution in [0.1, 0.15) is 20.8 Å². The lowest BCUT2D eigenvalue weighted by Gasteiger charge is -2.27. The van der Waals surface area contributed by atoms with Crippen molar-refractivity contribution in [2.45, 2.75) is 30.7 Å². The van der Waals surface area contributed by atoms with Crippen LogP contribution in [0.5, 0.6) is 0 Å². The minimum Gasteiger partial charge on any atom is -0.306 e. The van der Waals surface area contributed by atoms with E-state index in [0.717, 1.165) is 6.92 Å². The van der Waals surface area contributed by atoms with Crippen molar-refractivity contribution >= 4 is 19.4 Å². The number of aromatic nitrogens is 2. The van der Waals surface area contributed by atoms with E-state index in [9.17, 15) is 8.96 Å². The van der Waals surface area contributed by atoms with Crippen LogP contribution in [-0.4, -0.2) is 27.9 Å². The fraction of sp³-hybridized carbons (Fsp3) is 0.600. The van der Waals surface area contributed by atoms with Gasteiger partial charge in [-0.2, -0.15) is 0 Å². The van der Waals surface area contributed by atoms with Crippen LogP contribution in [0.2, 0.25) is 0 Å². The zero-order valence-electron chi connectivity index (χ0n) is 10.5. The zero-order valence-corrected chi connectivity index (χ0v) is 12.2. The molecule has 0 N–H and O–H groups in total. The Bertz CT molecular complexity index is 409. The second-order valence-corrected chi connectivity index (χ2v) is 7.33. The topological polar surface area (TPSA) is 61.3 Å². The van der Waals surface area contributed by atoms with Gasteiger partial charge in [0.1, 0.15) is 0 Å². The van der Waals surface area contributed by atoms with Gasteiger partial charge in [-0.25, -0.2) is 14.4 Å². The van der Waals surface area contributed by atoms with Crippen molar-refractivity contribution in [1.82, 2.24) is 9.97 Å². The Kier molecular flexibility index (Phi) is 5.72. The van der Waals surface area contributed by atoms with Gasteiger partial charge >= 0.3 is 7.60 Å². The molecule has 0 saturated heterocycles. The van der Waals surface area contributed by atoms with Crippen molar-refractivity contribution in [3.63, 3.8) is 0 Å². The van der Waals surface area contributed by atoms with Crippen molar-refractivity contribution in [1.29, 1.82) is 0 Å². The lowest BCUT2D eigenvalue weighted by Crippen LogP contribution is -2.18. The summed E-state index contributed by atoms with van der Waals surface area (Å²) in [7, 11) is -3.87. The molecule has 0 aliphatic heterocycles. The molecule has 1 heterocycles. The molecular weight excluding hydrogens is 278 g/mol. The molecule has 1 unspecified atom stereocenters. The van der Waals surface area contributed by atoms with Gasteiger partial charge in [-0.05, 0) is 38.6 Å². The third-order valence-electron chi connectivity index (χ3n) is 1.91. The minimum absolute atomic E-state index is 0.104. The summed E-state index contributed by atoms with van der Waals surface area (Å²) in [5.74, 6) is 0. The molecule has 0 fully saturated rings. The second kappa shape index (κ2) is 6.61. The molecule has 0 aliphatic rings. The lowest BCUT2D eigenvalue weighted by atomic mass is 10.7. The van der Waals surface area contributed by atoms with Gasteiger partial charge in [-0.3, -0.25) is 4.57 Å². The third kappa shape index (κ3) is 3.75. The highest BCUT2D eigenvalue weighted by molar-refractivity contribution is 8.06. The Morgan fingerprint density at radius 1 is 1.33 bits per heavy atom. The van der Waals surface area contributed by atoms with E-state index in [2.05, 4.69) is 9.97 Å². The van der Waals surface area contributed by atoms with E-state index in [-0.39, 0.29) is 18.4 Å². The van der Waals surface area contributed by atoms with E-state index in [0.29, 0.717) is 11.8 Å². The van der Waals surface area contributed by atoms with Gasteiger partial charge in [-0.1, -0.05) is 0 Å². The largest absolute Gasteiger partial charge is 0.378 e. The molecule has 0 bridgehead atoms. The summed E-state index contributed by atoms with van der Waals surface area (Å²) in [5.41, 5.74) is 0. The van der Waals surface area contributed by atoms with Crippen LogP contribution < -0.4 is 0 Å². The van der Waals surface area contributed by atoms with Gasteiger partial charge < -0.3 is 9.05 Å². The number of hydrogen-bond donors (Lipinski definition) is 0. The molecular formula is C10H16FN2O3PS. The molecule has 0 radical (unpaired) electrons. The van der Waals surface area contributed by atoms with Crippen LogP contribution in [0.3, 0.4) is 0 Å². The average molecular weight is 294 g/mol. The van der Waals surface area contributed by atoms with Crippen molar-refractivity contribution in [2.75, 3.05) is 13.2 Å². The van der Waals surface area contributed by atoms with E-state index >= 15 is 0 Å². The summed E-state index contributed by atoms with van der Waals surface area (Å²) in [4.78, 5) is 7.75. The highest BCUT2D eigenvalue weighted by Gasteiger charge is 2.49. The highest BCUT2D eigenvalue weighted by atomic mass is 32.2. The van der Waals surface area contributed by atoms with E-state index in [1.54, 1.807) is 19.9 Å². The van der Waals surface area contributed by atoms with Crippen LogP contribution in [0.4, 0.5) is 4.39 Å². The molecule has 0 spiro atoms. The summed E-state index contributed by atoms with van der Waals surface area (Å²) in [6, 6.07) is 1.62. The quantitative estimate of drug-likeness (QED) is 0.436. The number of nitrogens with zero attached hydrogens (tertiary/aromatic N) is 2. The molecule has 1 aromatic heterocycles. The van der Waals surface area contributed by atoms with Gasteiger partial charge in [0.25, 0.3) is 4.74 Å². The molecule has 1 rings (SSSR count). The van der Waals surface area contributed by atoms with Gasteiger partial charge in [0.2, 0.25) is 0 Å². The maximum absolute atomic E-state index is 14.6. The van der Waals surface area contributed by atoms with Gasteiger partial charge in [0.05, 0.1) is 13.2 Å². The fourth-order valence-electron chi connectivity index (χ4n) is 1.17. The Labute approximate surface area is 110 Å². The first-order chi connectivity index (χ1) is 8.45. The van der Waals surface area contributed by atoms with E-state index in [4.69, 9.17) is 9.05 Å². The monoisotopic (exact) mass is 294 g/mol. The molecule has 0 amide bonds.